The Morgan fingerprint density at radius 3 is 2.70 bits per heavy atom. The lowest BCUT2D eigenvalue weighted by Crippen LogP contribution is -2.39. The molecule has 1 amide bonds. The number of rotatable bonds is 5. The van der Waals surface area contributed by atoms with E-state index in [1.165, 1.54) is 13.0 Å². The molecule has 0 bridgehead atoms. The second-order valence-corrected chi connectivity index (χ2v) is 5.60. The van der Waals surface area contributed by atoms with Gasteiger partial charge in [0.15, 0.2) is 0 Å². The van der Waals surface area contributed by atoms with E-state index in [-0.39, 0.29) is 5.91 Å². The molecule has 1 aromatic rings. The summed E-state index contributed by atoms with van der Waals surface area (Å²) < 4.78 is 0. The van der Waals surface area contributed by atoms with Crippen LogP contribution in [0.3, 0.4) is 0 Å². The van der Waals surface area contributed by atoms with Crippen molar-refractivity contribution in [1.29, 1.82) is 0 Å². The molecule has 1 saturated heterocycles. The van der Waals surface area contributed by atoms with Crippen molar-refractivity contribution in [3.8, 4) is 0 Å². The number of nitrogens with one attached hydrogen (secondary N) is 1. The minimum absolute atomic E-state index is 0.357. The first-order valence-electron chi connectivity index (χ1n) is 7.50. The molecule has 20 heavy (non-hydrogen) atoms. The highest BCUT2D eigenvalue weighted by atomic mass is 16.1. The third kappa shape index (κ3) is 3.51. The molecule has 0 spiro atoms. The van der Waals surface area contributed by atoms with Gasteiger partial charge in [-0.25, -0.2) is 0 Å². The Labute approximate surface area is 121 Å². The number of piperidine rings is 1. The van der Waals surface area contributed by atoms with Crippen molar-refractivity contribution < 1.29 is 4.79 Å². The van der Waals surface area contributed by atoms with Crippen molar-refractivity contribution in [2.45, 2.75) is 39.2 Å². The zero-order chi connectivity index (χ0) is 14.5. The van der Waals surface area contributed by atoms with Crippen LogP contribution in [0, 0.1) is 6.92 Å². The molecule has 0 unspecified atom stereocenters. The standard InChI is InChI=1S/C16H25N3O/c1-3-9-19-10-7-13(8-11-19)18-15-6-4-5-14(12(15)2)16(17)20/h4-6,13,18H,3,7-11H2,1-2H3,(H2,17,20). The van der Waals surface area contributed by atoms with Crippen LogP contribution in [0.2, 0.25) is 0 Å². The number of amides is 1. The summed E-state index contributed by atoms with van der Waals surface area (Å²) >= 11 is 0. The molecule has 1 aliphatic heterocycles. The Kier molecular flexibility index (Phi) is 5.01. The Morgan fingerprint density at radius 1 is 1.40 bits per heavy atom. The van der Waals surface area contributed by atoms with Gasteiger partial charge in [0.25, 0.3) is 0 Å². The number of benzene rings is 1. The first-order chi connectivity index (χ1) is 9.61. The van der Waals surface area contributed by atoms with E-state index in [1.54, 1.807) is 6.07 Å². The van der Waals surface area contributed by atoms with Crippen LogP contribution < -0.4 is 11.1 Å². The van der Waals surface area contributed by atoms with Gasteiger partial charge in [-0.3, -0.25) is 4.79 Å². The third-order valence-electron chi connectivity index (χ3n) is 4.09. The molecule has 1 aliphatic rings. The van der Waals surface area contributed by atoms with Gasteiger partial charge in [0.2, 0.25) is 5.91 Å². The monoisotopic (exact) mass is 275 g/mol. The molecule has 4 heteroatoms. The molecular formula is C16H25N3O. The molecule has 0 radical (unpaired) electrons. The van der Waals surface area contributed by atoms with Crippen molar-refractivity contribution in [2.24, 2.45) is 5.73 Å². The zero-order valence-electron chi connectivity index (χ0n) is 12.5. The van der Waals surface area contributed by atoms with Crippen LogP contribution in [-0.4, -0.2) is 36.5 Å². The smallest absolute Gasteiger partial charge is 0.249 e. The second-order valence-electron chi connectivity index (χ2n) is 5.60. The molecule has 0 aliphatic carbocycles. The highest BCUT2D eigenvalue weighted by Gasteiger charge is 2.19. The summed E-state index contributed by atoms with van der Waals surface area (Å²) in [5, 5.41) is 3.57. The average molecular weight is 275 g/mol. The van der Waals surface area contributed by atoms with Crippen LogP contribution in [0.1, 0.15) is 42.1 Å². The molecule has 0 atom stereocenters. The van der Waals surface area contributed by atoms with Crippen molar-refractivity contribution >= 4 is 11.6 Å². The van der Waals surface area contributed by atoms with Gasteiger partial charge in [-0.05, 0) is 50.4 Å². The SMILES string of the molecule is CCCN1CCC(Nc2cccc(C(N)=O)c2C)CC1. The van der Waals surface area contributed by atoms with E-state index < -0.39 is 0 Å². The number of nitrogens with zero attached hydrogens (tertiary/aromatic N) is 1. The molecule has 0 saturated carbocycles. The van der Waals surface area contributed by atoms with Gasteiger partial charge in [-0.1, -0.05) is 13.0 Å². The van der Waals surface area contributed by atoms with Crippen LogP contribution >= 0.6 is 0 Å². The van der Waals surface area contributed by atoms with Crippen LogP contribution in [0.5, 0.6) is 0 Å². The van der Waals surface area contributed by atoms with Crippen molar-refractivity contribution in [3.05, 3.63) is 29.3 Å². The lowest BCUT2D eigenvalue weighted by Gasteiger charge is -2.33. The van der Waals surface area contributed by atoms with Crippen molar-refractivity contribution in [2.75, 3.05) is 25.0 Å². The van der Waals surface area contributed by atoms with Gasteiger partial charge in [-0.15, -0.1) is 0 Å². The van der Waals surface area contributed by atoms with Gasteiger partial charge < -0.3 is 16.0 Å². The predicted molar refractivity (Wildman–Crippen MR) is 83.1 cm³/mol. The van der Waals surface area contributed by atoms with E-state index >= 15 is 0 Å². The average Bonchev–Trinajstić information content (AvgIpc) is 2.43. The predicted octanol–water partition coefficient (Wildman–Crippen LogP) is 2.38. The first-order valence-corrected chi connectivity index (χ1v) is 7.50. The number of anilines is 1. The van der Waals surface area contributed by atoms with Crippen LogP contribution in [0.15, 0.2) is 18.2 Å². The van der Waals surface area contributed by atoms with E-state index in [4.69, 9.17) is 5.73 Å². The van der Waals surface area contributed by atoms with Crippen molar-refractivity contribution in [1.82, 2.24) is 4.90 Å². The summed E-state index contributed by atoms with van der Waals surface area (Å²) in [6.07, 6.45) is 3.53. The van der Waals surface area contributed by atoms with Gasteiger partial charge in [-0.2, -0.15) is 0 Å². The van der Waals surface area contributed by atoms with Crippen LogP contribution in [-0.2, 0) is 0 Å². The number of carbonyl (C=O) groups excluding carboxylic acids is 1. The van der Waals surface area contributed by atoms with Gasteiger partial charge in [0.05, 0.1) is 0 Å². The fraction of sp³-hybridized carbons (Fsp3) is 0.562. The second kappa shape index (κ2) is 6.75. The minimum Gasteiger partial charge on any atom is -0.382 e. The van der Waals surface area contributed by atoms with E-state index in [0.29, 0.717) is 11.6 Å². The molecule has 1 heterocycles. The summed E-state index contributed by atoms with van der Waals surface area (Å²) in [5.41, 5.74) is 8.00. The van der Waals surface area contributed by atoms with Crippen molar-refractivity contribution in [3.63, 3.8) is 0 Å². The van der Waals surface area contributed by atoms with E-state index in [9.17, 15) is 4.79 Å². The molecule has 1 aromatic carbocycles. The maximum absolute atomic E-state index is 11.4. The Balaban J connectivity index is 1.98. The number of nitrogens with two attached hydrogens (primary N) is 1. The Morgan fingerprint density at radius 2 is 2.10 bits per heavy atom. The van der Waals surface area contributed by atoms with E-state index in [1.807, 2.05) is 19.1 Å². The molecule has 3 N–H and O–H groups in total. The fourth-order valence-electron chi connectivity index (χ4n) is 2.90. The third-order valence-corrected chi connectivity index (χ3v) is 4.09. The molecular weight excluding hydrogens is 250 g/mol. The lowest BCUT2D eigenvalue weighted by molar-refractivity contribution is 0.0999. The fourth-order valence-corrected chi connectivity index (χ4v) is 2.90. The normalized spacial score (nSPS) is 17.1. The maximum Gasteiger partial charge on any atom is 0.249 e. The molecule has 2 rings (SSSR count). The summed E-state index contributed by atoms with van der Waals surface area (Å²) in [4.78, 5) is 13.9. The number of hydrogen-bond acceptors (Lipinski definition) is 3. The quantitative estimate of drug-likeness (QED) is 0.867. The number of likely N-dealkylation sites (tertiary alicyclic amines) is 1. The highest BCUT2D eigenvalue weighted by molar-refractivity contribution is 5.95. The molecule has 110 valence electrons. The largest absolute Gasteiger partial charge is 0.382 e. The van der Waals surface area contributed by atoms with Gasteiger partial charge in [0.1, 0.15) is 0 Å². The summed E-state index contributed by atoms with van der Waals surface area (Å²) in [5.74, 6) is -0.357. The van der Waals surface area contributed by atoms with E-state index in [0.717, 1.165) is 37.2 Å². The summed E-state index contributed by atoms with van der Waals surface area (Å²) in [7, 11) is 0. The summed E-state index contributed by atoms with van der Waals surface area (Å²) in [6.45, 7) is 7.68. The van der Waals surface area contributed by atoms with Gasteiger partial charge >= 0.3 is 0 Å². The minimum atomic E-state index is -0.357. The van der Waals surface area contributed by atoms with Crippen LogP contribution in [0.25, 0.3) is 0 Å². The lowest BCUT2D eigenvalue weighted by atomic mass is 10.0. The summed E-state index contributed by atoms with van der Waals surface area (Å²) in [6, 6.07) is 6.19. The molecule has 4 nitrogen and oxygen atoms in total. The Hall–Kier alpha value is -1.55. The number of primary amides is 1. The van der Waals surface area contributed by atoms with Gasteiger partial charge in [0, 0.05) is 30.4 Å². The highest BCUT2D eigenvalue weighted by Crippen LogP contribution is 2.22. The van der Waals surface area contributed by atoms with Crippen LogP contribution in [0.4, 0.5) is 5.69 Å². The maximum atomic E-state index is 11.4. The number of hydrogen-bond donors (Lipinski definition) is 2. The molecule has 1 fully saturated rings. The molecule has 0 aromatic heterocycles. The topological polar surface area (TPSA) is 58.4 Å². The zero-order valence-corrected chi connectivity index (χ0v) is 12.5. The number of carbonyl (C=O) groups is 1. The first kappa shape index (κ1) is 14.9. The van der Waals surface area contributed by atoms with E-state index in [2.05, 4.69) is 17.1 Å². The Bertz CT molecular complexity index is 465.